The lowest BCUT2D eigenvalue weighted by Crippen LogP contribution is -2.48. The maximum Gasteiger partial charge on any atom is 0.323 e. The number of hydrogen-bond donors (Lipinski definition) is 1. The molecule has 3 unspecified atom stereocenters. The SMILES string of the molecule is CCOC(=O)C(N)C1CCOC2(CCSC2)C1. The van der Waals surface area contributed by atoms with Crippen LogP contribution in [-0.4, -0.2) is 42.3 Å². The number of rotatable bonds is 3. The second-order valence-electron chi connectivity index (χ2n) is 4.86. The molecule has 0 radical (unpaired) electrons. The fourth-order valence-electron chi connectivity index (χ4n) is 2.67. The Morgan fingerprint density at radius 3 is 3.18 bits per heavy atom. The highest BCUT2D eigenvalue weighted by Crippen LogP contribution is 2.41. The van der Waals surface area contributed by atoms with E-state index in [1.165, 1.54) is 0 Å². The van der Waals surface area contributed by atoms with Crippen LogP contribution in [0.25, 0.3) is 0 Å². The van der Waals surface area contributed by atoms with Crippen LogP contribution in [0.5, 0.6) is 0 Å². The van der Waals surface area contributed by atoms with Gasteiger partial charge in [0.1, 0.15) is 6.04 Å². The molecule has 98 valence electrons. The van der Waals surface area contributed by atoms with Crippen molar-refractivity contribution in [3.63, 3.8) is 0 Å². The van der Waals surface area contributed by atoms with Gasteiger partial charge in [0.2, 0.25) is 0 Å². The summed E-state index contributed by atoms with van der Waals surface area (Å²) >= 11 is 1.93. The van der Waals surface area contributed by atoms with E-state index in [0.717, 1.165) is 37.4 Å². The van der Waals surface area contributed by atoms with Crippen molar-refractivity contribution < 1.29 is 14.3 Å². The average Bonchev–Trinajstić information content (AvgIpc) is 2.76. The van der Waals surface area contributed by atoms with E-state index in [1.807, 2.05) is 18.7 Å². The van der Waals surface area contributed by atoms with Crippen LogP contribution in [0.3, 0.4) is 0 Å². The third-order valence-electron chi connectivity index (χ3n) is 3.66. The van der Waals surface area contributed by atoms with E-state index in [-0.39, 0.29) is 17.5 Å². The largest absolute Gasteiger partial charge is 0.465 e. The minimum Gasteiger partial charge on any atom is -0.465 e. The summed E-state index contributed by atoms with van der Waals surface area (Å²) in [5, 5.41) is 0. The van der Waals surface area contributed by atoms with Crippen LogP contribution in [0, 0.1) is 5.92 Å². The number of hydrogen-bond acceptors (Lipinski definition) is 5. The number of esters is 1. The smallest absolute Gasteiger partial charge is 0.323 e. The van der Waals surface area contributed by atoms with Gasteiger partial charge in [0.25, 0.3) is 0 Å². The summed E-state index contributed by atoms with van der Waals surface area (Å²) in [4.78, 5) is 11.7. The fourth-order valence-corrected chi connectivity index (χ4v) is 4.04. The molecule has 3 atom stereocenters. The van der Waals surface area contributed by atoms with Crippen LogP contribution in [-0.2, 0) is 14.3 Å². The van der Waals surface area contributed by atoms with Crippen molar-refractivity contribution in [3.05, 3.63) is 0 Å². The van der Waals surface area contributed by atoms with E-state index in [0.29, 0.717) is 6.61 Å². The lowest BCUT2D eigenvalue weighted by molar-refractivity contribution is -0.149. The standard InChI is InChI=1S/C12H21NO3S/c1-2-15-11(14)10(13)9-3-5-16-12(7-9)4-6-17-8-12/h9-10H,2-8,13H2,1H3. The summed E-state index contributed by atoms with van der Waals surface area (Å²) in [5.74, 6) is 2.14. The van der Waals surface area contributed by atoms with Crippen molar-refractivity contribution in [2.75, 3.05) is 24.7 Å². The first-order chi connectivity index (χ1) is 8.17. The van der Waals surface area contributed by atoms with Crippen LogP contribution in [0.4, 0.5) is 0 Å². The first-order valence-electron chi connectivity index (χ1n) is 6.31. The van der Waals surface area contributed by atoms with E-state index in [1.54, 1.807) is 0 Å². The highest BCUT2D eigenvalue weighted by Gasteiger charge is 2.43. The molecular weight excluding hydrogens is 238 g/mol. The second-order valence-corrected chi connectivity index (χ2v) is 5.97. The van der Waals surface area contributed by atoms with Gasteiger partial charge >= 0.3 is 5.97 Å². The molecule has 1 spiro atoms. The molecule has 0 aliphatic carbocycles. The lowest BCUT2D eigenvalue weighted by Gasteiger charge is -2.39. The Hall–Kier alpha value is -0.260. The summed E-state index contributed by atoms with van der Waals surface area (Å²) < 4.78 is 10.9. The van der Waals surface area contributed by atoms with Crippen LogP contribution in [0.1, 0.15) is 26.2 Å². The van der Waals surface area contributed by atoms with Crippen molar-refractivity contribution in [3.8, 4) is 0 Å². The Kier molecular flexibility index (Phi) is 4.33. The van der Waals surface area contributed by atoms with Crippen molar-refractivity contribution in [2.45, 2.75) is 37.8 Å². The molecule has 17 heavy (non-hydrogen) atoms. The van der Waals surface area contributed by atoms with Crippen molar-refractivity contribution >= 4 is 17.7 Å². The quantitative estimate of drug-likeness (QED) is 0.771. The van der Waals surface area contributed by atoms with E-state index in [4.69, 9.17) is 15.2 Å². The van der Waals surface area contributed by atoms with Gasteiger partial charge < -0.3 is 15.2 Å². The first kappa shape index (κ1) is 13.2. The Morgan fingerprint density at radius 1 is 1.71 bits per heavy atom. The van der Waals surface area contributed by atoms with Crippen LogP contribution in [0.2, 0.25) is 0 Å². The molecule has 0 aromatic carbocycles. The molecule has 4 nitrogen and oxygen atoms in total. The van der Waals surface area contributed by atoms with Gasteiger partial charge in [0, 0.05) is 12.4 Å². The van der Waals surface area contributed by atoms with Crippen LogP contribution >= 0.6 is 11.8 Å². The van der Waals surface area contributed by atoms with E-state index in [2.05, 4.69) is 0 Å². The molecule has 2 aliphatic rings. The molecule has 0 bridgehead atoms. The van der Waals surface area contributed by atoms with E-state index < -0.39 is 6.04 Å². The molecule has 0 aromatic rings. The fraction of sp³-hybridized carbons (Fsp3) is 0.917. The monoisotopic (exact) mass is 259 g/mol. The second kappa shape index (κ2) is 5.59. The third kappa shape index (κ3) is 2.95. The van der Waals surface area contributed by atoms with Crippen molar-refractivity contribution in [1.82, 2.24) is 0 Å². The zero-order chi connectivity index (χ0) is 12.3. The molecule has 5 heteroatoms. The predicted molar refractivity (Wildman–Crippen MR) is 68.0 cm³/mol. The van der Waals surface area contributed by atoms with E-state index >= 15 is 0 Å². The van der Waals surface area contributed by atoms with Gasteiger partial charge in [-0.1, -0.05) is 0 Å². The van der Waals surface area contributed by atoms with E-state index in [9.17, 15) is 4.79 Å². The maximum absolute atomic E-state index is 11.7. The minimum atomic E-state index is -0.485. The Balaban J connectivity index is 1.94. The van der Waals surface area contributed by atoms with Gasteiger partial charge in [0.05, 0.1) is 12.2 Å². The number of nitrogens with two attached hydrogens (primary N) is 1. The zero-order valence-corrected chi connectivity index (χ0v) is 11.1. The minimum absolute atomic E-state index is 0.0162. The highest BCUT2D eigenvalue weighted by atomic mass is 32.2. The molecule has 2 aliphatic heterocycles. The van der Waals surface area contributed by atoms with Crippen LogP contribution < -0.4 is 5.73 Å². The topological polar surface area (TPSA) is 61.5 Å². The normalized spacial score (nSPS) is 34.8. The number of thioether (sulfide) groups is 1. The first-order valence-corrected chi connectivity index (χ1v) is 7.46. The molecule has 2 N–H and O–H groups in total. The number of carbonyl (C=O) groups is 1. The summed E-state index contributed by atoms with van der Waals surface area (Å²) in [6.07, 6.45) is 2.86. The maximum atomic E-state index is 11.7. The highest BCUT2D eigenvalue weighted by molar-refractivity contribution is 7.99. The van der Waals surface area contributed by atoms with Crippen molar-refractivity contribution in [1.29, 1.82) is 0 Å². The van der Waals surface area contributed by atoms with Gasteiger partial charge in [0.15, 0.2) is 0 Å². The molecule has 2 rings (SSSR count). The van der Waals surface area contributed by atoms with Gasteiger partial charge in [-0.25, -0.2) is 0 Å². The van der Waals surface area contributed by atoms with Gasteiger partial charge in [-0.15, -0.1) is 0 Å². The molecule has 2 saturated heterocycles. The summed E-state index contributed by atoms with van der Waals surface area (Å²) in [5.41, 5.74) is 5.98. The Morgan fingerprint density at radius 2 is 2.53 bits per heavy atom. The van der Waals surface area contributed by atoms with Crippen molar-refractivity contribution in [2.24, 2.45) is 11.7 Å². The Bertz CT molecular complexity index is 279. The zero-order valence-electron chi connectivity index (χ0n) is 10.3. The van der Waals surface area contributed by atoms with Gasteiger partial charge in [-0.05, 0) is 37.9 Å². The summed E-state index contributed by atoms with van der Waals surface area (Å²) in [6, 6.07) is -0.485. The summed E-state index contributed by atoms with van der Waals surface area (Å²) in [6.45, 7) is 2.93. The number of carbonyl (C=O) groups excluding carboxylic acids is 1. The van der Waals surface area contributed by atoms with Gasteiger partial charge in [-0.2, -0.15) is 11.8 Å². The molecule has 2 heterocycles. The molecule has 0 saturated carbocycles. The number of ether oxygens (including phenoxy) is 2. The lowest BCUT2D eigenvalue weighted by atomic mass is 9.81. The average molecular weight is 259 g/mol. The molecule has 2 fully saturated rings. The molecular formula is C12H21NO3S. The van der Waals surface area contributed by atoms with Crippen LogP contribution in [0.15, 0.2) is 0 Å². The summed E-state index contributed by atoms with van der Waals surface area (Å²) in [7, 11) is 0. The Labute approximate surface area is 107 Å². The molecule has 0 aromatic heterocycles. The predicted octanol–water partition coefficient (Wildman–Crippen LogP) is 1.18. The third-order valence-corrected chi connectivity index (χ3v) is 4.89. The van der Waals surface area contributed by atoms with Gasteiger partial charge in [-0.3, -0.25) is 4.79 Å². The molecule has 0 amide bonds.